The minimum atomic E-state index is -0.706. The molecule has 33 heavy (non-hydrogen) atoms. The van der Waals surface area contributed by atoms with Gasteiger partial charge in [0, 0.05) is 32.7 Å². The number of hydrogen-bond donors (Lipinski definition) is 2. The number of aromatic nitrogens is 2. The second kappa shape index (κ2) is 14.5. The lowest BCUT2D eigenvalue weighted by molar-refractivity contribution is -0.137. The van der Waals surface area contributed by atoms with Crippen LogP contribution < -0.4 is 5.69 Å². The van der Waals surface area contributed by atoms with E-state index < -0.39 is 5.97 Å². The summed E-state index contributed by atoms with van der Waals surface area (Å²) in [6.45, 7) is 13.6. The van der Waals surface area contributed by atoms with Crippen molar-refractivity contribution in [2.75, 3.05) is 13.2 Å². The molecule has 0 unspecified atom stereocenters. The number of nitrogens with zero attached hydrogens (tertiary/aromatic N) is 2. The van der Waals surface area contributed by atoms with Crippen LogP contribution in [0.15, 0.2) is 11.0 Å². The molecule has 0 spiro atoms. The zero-order valence-corrected chi connectivity index (χ0v) is 21.7. The zero-order chi connectivity index (χ0) is 24.9. The molecule has 1 aromatic rings. The molecule has 7 heteroatoms. The highest BCUT2D eigenvalue weighted by molar-refractivity contribution is 5.66. The first kappa shape index (κ1) is 29.3. The molecule has 0 aliphatic heterocycles. The summed E-state index contributed by atoms with van der Waals surface area (Å²) in [5, 5.41) is 18.7. The van der Waals surface area contributed by atoms with Crippen molar-refractivity contribution in [2.45, 2.75) is 118 Å². The van der Waals surface area contributed by atoms with Crippen LogP contribution in [0.25, 0.3) is 0 Å². The molecule has 0 saturated heterocycles. The van der Waals surface area contributed by atoms with Crippen LogP contribution in [0.5, 0.6) is 5.88 Å². The predicted molar refractivity (Wildman–Crippen MR) is 133 cm³/mol. The van der Waals surface area contributed by atoms with E-state index in [1.165, 1.54) is 15.3 Å². The van der Waals surface area contributed by atoms with Crippen molar-refractivity contribution in [3.05, 3.63) is 16.7 Å². The van der Waals surface area contributed by atoms with Crippen LogP contribution in [0.2, 0.25) is 0 Å². The zero-order valence-electron chi connectivity index (χ0n) is 21.7. The maximum atomic E-state index is 12.2. The summed E-state index contributed by atoms with van der Waals surface area (Å²) < 4.78 is 8.80. The van der Waals surface area contributed by atoms with Crippen LogP contribution in [0.3, 0.4) is 0 Å². The summed E-state index contributed by atoms with van der Waals surface area (Å²) in [6.07, 6.45) is 12.0. The average Bonchev–Trinajstić information content (AvgIpc) is 2.99. The lowest BCUT2D eigenvalue weighted by Crippen LogP contribution is -2.24. The third kappa shape index (κ3) is 12.3. The van der Waals surface area contributed by atoms with Gasteiger partial charge in [-0.1, -0.05) is 40.5 Å². The Morgan fingerprint density at radius 3 is 1.91 bits per heavy atom. The third-order valence-corrected chi connectivity index (χ3v) is 6.63. The molecule has 0 bridgehead atoms. The first-order valence-electron chi connectivity index (χ1n) is 12.8. The van der Waals surface area contributed by atoms with E-state index in [2.05, 4.69) is 27.7 Å². The number of aromatic hydroxyl groups is 1. The molecule has 0 saturated carbocycles. The molecular formula is C26H48N2O5. The normalized spacial score (nSPS) is 12.4. The number of imidazole rings is 1. The van der Waals surface area contributed by atoms with Crippen molar-refractivity contribution in [2.24, 2.45) is 10.8 Å². The largest absolute Gasteiger partial charge is 0.493 e. The van der Waals surface area contributed by atoms with Gasteiger partial charge < -0.3 is 14.9 Å². The van der Waals surface area contributed by atoms with Gasteiger partial charge in [0.25, 0.3) is 0 Å². The van der Waals surface area contributed by atoms with Gasteiger partial charge in [-0.05, 0) is 69.1 Å². The number of rotatable bonds is 19. The molecule has 0 radical (unpaired) electrons. The molecule has 0 aromatic carbocycles. The second-order valence-corrected chi connectivity index (χ2v) is 10.9. The molecule has 7 nitrogen and oxygen atoms in total. The van der Waals surface area contributed by atoms with Crippen LogP contribution in [0.1, 0.15) is 105 Å². The first-order chi connectivity index (χ1) is 15.5. The van der Waals surface area contributed by atoms with Crippen LogP contribution in [-0.4, -0.2) is 38.5 Å². The van der Waals surface area contributed by atoms with Gasteiger partial charge in [0.1, 0.15) is 0 Å². The summed E-state index contributed by atoms with van der Waals surface area (Å²) in [5.41, 5.74) is 0.276. The van der Waals surface area contributed by atoms with Crippen LogP contribution in [0, 0.1) is 10.8 Å². The number of aryl methyl sites for hydroxylation is 1. The number of aliphatic carboxylic acids is 1. The van der Waals surface area contributed by atoms with Crippen molar-refractivity contribution < 1.29 is 19.7 Å². The van der Waals surface area contributed by atoms with E-state index >= 15 is 0 Å². The predicted octanol–water partition coefficient (Wildman–Crippen LogP) is 5.82. The highest BCUT2D eigenvalue weighted by Crippen LogP contribution is 2.30. The molecule has 0 aliphatic carbocycles. The molecular weight excluding hydrogens is 420 g/mol. The van der Waals surface area contributed by atoms with E-state index in [-0.39, 0.29) is 28.8 Å². The molecule has 2 N–H and O–H groups in total. The maximum Gasteiger partial charge on any atom is 0.331 e. The van der Waals surface area contributed by atoms with Gasteiger partial charge in [-0.3, -0.25) is 13.9 Å². The molecule has 1 heterocycles. The van der Waals surface area contributed by atoms with E-state index in [0.717, 1.165) is 77.4 Å². The minimum absolute atomic E-state index is 0.0542. The highest BCUT2D eigenvalue weighted by atomic mass is 16.5. The molecule has 0 aliphatic rings. The van der Waals surface area contributed by atoms with E-state index in [1.807, 2.05) is 6.92 Å². The summed E-state index contributed by atoms with van der Waals surface area (Å²) >= 11 is 0. The summed E-state index contributed by atoms with van der Waals surface area (Å²) in [4.78, 5) is 22.8. The fourth-order valence-electron chi connectivity index (χ4n) is 4.36. The number of carboxylic acids is 1. The highest BCUT2D eigenvalue weighted by Gasteiger charge is 2.19. The van der Waals surface area contributed by atoms with E-state index in [9.17, 15) is 14.7 Å². The quantitative estimate of drug-likeness (QED) is 0.250. The smallest absolute Gasteiger partial charge is 0.331 e. The van der Waals surface area contributed by atoms with Crippen molar-refractivity contribution >= 4 is 5.97 Å². The number of carbonyl (C=O) groups is 1. The van der Waals surface area contributed by atoms with Crippen LogP contribution in [0.4, 0.5) is 0 Å². The number of ether oxygens (including phenoxy) is 1. The van der Waals surface area contributed by atoms with Gasteiger partial charge in [-0.2, -0.15) is 0 Å². The van der Waals surface area contributed by atoms with E-state index in [1.54, 1.807) is 0 Å². The fraction of sp³-hybridized carbons (Fsp3) is 0.846. The van der Waals surface area contributed by atoms with E-state index in [0.29, 0.717) is 13.1 Å². The van der Waals surface area contributed by atoms with Crippen LogP contribution in [-0.2, 0) is 22.6 Å². The SMILES string of the molecule is CCn1cc(O)n(CCCC(C)(C)CCCCOCCCCC(C)(C)CCCC(=O)O)c1=O. The van der Waals surface area contributed by atoms with Crippen molar-refractivity contribution in [1.29, 1.82) is 0 Å². The van der Waals surface area contributed by atoms with Gasteiger partial charge in [0.2, 0.25) is 5.88 Å². The van der Waals surface area contributed by atoms with Crippen molar-refractivity contribution in [3.8, 4) is 5.88 Å². The Bertz CT molecular complexity index is 748. The Balaban J connectivity index is 2.08. The van der Waals surface area contributed by atoms with Crippen molar-refractivity contribution in [1.82, 2.24) is 9.13 Å². The molecule has 1 aromatic heterocycles. The topological polar surface area (TPSA) is 93.7 Å². The summed E-state index contributed by atoms with van der Waals surface area (Å²) in [6, 6.07) is 0. The van der Waals surface area contributed by atoms with E-state index in [4.69, 9.17) is 9.84 Å². The summed E-state index contributed by atoms with van der Waals surface area (Å²) in [7, 11) is 0. The first-order valence-corrected chi connectivity index (χ1v) is 12.8. The standard InChI is InChI=1S/C26H48N2O5/c1-6-27-21-22(29)28(24(27)32)18-12-17-26(4,5)15-8-10-20-33-19-9-7-14-25(2,3)16-11-13-23(30)31/h21,29H,6-20H2,1-5H3,(H,30,31). The third-order valence-electron chi connectivity index (χ3n) is 6.63. The molecule has 0 fully saturated rings. The van der Waals surface area contributed by atoms with Gasteiger partial charge in [0.05, 0.1) is 6.20 Å². The maximum absolute atomic E-state index is 12.2. The number of unbranched alkanes of at least 4 members (excludes halogenated alkanes) is 2. The Morgan fingerprint density at radius 2 is 1.42 bits per heavy atom. The molecule has 0 amide bonds. The average molecular weight is 469 g/mol. The Morgan fingerprint density at radius 1 is 0.909 bits per heavy atom. The number of hydrogen-bond acceptors (Lipinski definition) is 4. The minimum Gasteiger partial charge on any atom is -0.493 e. The van der Waals surface area contributed by atoms with Gasteiger partial charge in [-0.15, -0.1) is 0 Å². The Hall–Kier alpha value is -1.76. The van der Waals surface area contributed by atoms with Gasteiger partial charge in [-0.25, -0.2) is 4.79 Å². The lowest BCUT2D eigenvalue weighted by atomic mass is 9.82. The summed E-state index contributed by atoms with van der Waals surface area (Å²) in [5.74, 6) is -0.652. The Kier molecular flexibility index (Phi) is 12.9. The second-order valence-electron chi connectivity index (χ2n) is 10.9. The van der Waals surface area contributed by atoms with Gasteiger partial charge in [0.15, 0.2) is 0 Å². The molecule has 0 atom stereocenters. The lowest BCUT2D eigenvalue weighted by Gasteiger charge is -2.25. The molecule has 192 valence electrons. The Labute approximate surface area is 200 Å². The van der Waals surface area contributed by atoms with Crippen LogP contribution >= 0.6 is 0 Å². The fourth-order valence-corrected chi connectivity index (χ4v) is 4.36. The monoisotopic (exact) mass is 468 g/mol. The van der Waals surface area contributed by atoms with Crippen molar-refractivity contribution in [3.63, 3.8) is 0 Å². The number of carboxylic acid groups (broad SMARTS) is 1. The molecule has 1 rings (SSSR count). The van der Waals surface area contributed by atoms with Gasteiger partial charge >= 0.3 is 11.7 Å².